The molecule has 2 aliphatic heterocycles. The van der Waals surface area contributed by atoms with Crippen molar-refractivity contribution in [3.63, 3.8) is 0 Å². The Bertz CT molecular complexity index is 550. The Hall–Kier alpha value is -0.880. The summed E-state index contributed by atoms with van der Waals surface area (Å²) in [6.07, 6.45) is 4.55. The van der Waals surface area contributed by atoms with E-state index in [2.05, 4.69) is 10.3 Å². The molecule has 1 saturated heterocycles. The van der Waals surface area contributed by atoms with Crippen LogP contribution in [-0.4, -0.2) is 36.0 Å². The molecule has 0 bridgehead atoms. The van der Waals surface area contributed by atoms with Gasteiger partial charge in [-0.1, -0.05) is 0 Å². The smallest absolute Gasteiger partial charge is 0.150 e. The molecule has 5 nitrogen and oxygen atoms in total. The molecule has 1 aromatic heterocycles. The van der Waals surface area contributed by atoms with E-state index >= 15 is 0 Å². The van der Waals surface area contributed by atoms with Gasteiger partial charge in [-0.3, -0.25) is 0 Å². The fourth-order valence-electron chi connectivity index (χ4n) is 3.23. The molecular weight excluding hydrogens is 250 g/mol. The summed E-state index contributed by atoms with van der Waals surface area (Å²) in [5, 5.41) is 3.48. The van der Waals surface area contributed by atoms with Crippen LogP contribution in [0.1, 0.15) is 30.3 Å². The van der Waals surface area contributed by atoms with Gasteiger partial charge in [-0.05, 0) is 18.8 Å². The van der Waals surface area contributed by atoms with E-state index in [1.807, 2.05) is 17.9 Å². The Morgan fingerprint density at radius 3 is 3.11 bits per heavy atom. The molecule has 3 heterocycles. The minimum atomic E-state index is -2.85. The first-order chi connectivity index (χ1) is 8.57. The van der Waals surface area contributed by atoms with Crippen LogP contribution in [0.4, 0.5) is 0 Å². The van der Waals surface area contributed by atoms with Crippen molar-refractivity contribution in [1.82, 2.24) is 14.9 Å². The summed E-state index contributed by atoms with van der Waals surface area (Å²) in [4.78, 5) is 4.41. The van der Waals surface area contributed by atoms with Crippen molar-refractivity contribution in [2.75, 3.05) is 18.1 Å². The molecule has 0 spiro atoms. The average Bonchev–Trinajstić information content (AvgIpc) is 2.70. The SMILES string of the molecule is Cn1cnc2c1C(C1CCCS(=O)(=O)C1)NCC2. The Morgan fingerprint density at radius 1 is 1.50 bits per heavy atom. The van der Waals surface area contributed by atoms with Crippen LogP contribution >= 0.6 is 0 Å². The summed E-state index contributed by atoms with van der Waals surface area (Å²) in [6.45, 7) is 0.894. The van der Waals surface area contributed by atoms with Crippen LogP contribution < -0.4 is 5.32 Å². The van der Waals surface area contributed by atoms with Gasteiger partial charge in [-0.25, -0.2) is 13.4 Å². The van der Waals surface area contributed by atoms with E-state index in [4.69, 9.17) is 0 Å². The number of hydrogen-bond acceptors (Lipinski definition) is 4. The van der Waals surface area contributed by atoms with E-state index in [0.717, 1.165) is 31.5 Å². The third kappa shape index (κ3) is 2.07. The second-order valence-corrected chi connectivity index (χ2v) is 7.61. The lowest BCUT2D eigenvalue weighted by atomic mass is 9.90. The van der Waals surface area contributed by atoms with Crippen molar-refractivity contribution in [1.29, 1.82) is 0 Å². The fraction of sp³-hybridized carbons (Fsp3) is 0.750. The maximum atomic E-state index is 11.8. The zero-order chi connectivity index (χ0) is 12.8. The second-order valence-electron chi connectivity index (χ2n) is 5.39. The highest BCUT2D eigenvalue weighted by Gasteiger charge is 2.35. The van der Waals surface area contributed by atoms with Gasteiger partial charge >= 0.3 is 0 Å². The third-order valence-corrected chi connectivity index (χ3v) is 5.90. The Morgan fingerprint density at radius 2 is 2.33 bits per heavy atom. The number of aryl methyl sites for hydroxylation is 1. The van der Waals surface area contributed by atoms with Crippen LogP contribution in [0.5, 0.6) is 0 Å². The van der Waals surface area contributed by atoms with Crippen molar-refractivity contribution in [3.8, 4) is 0 Å². The van der Waals surface area contributed by atoms with Gasteiger partial charge < -0.3 is 9.88 Å². The van der Waals surface area contributed by atoms with Gasteiger partial charge in [0, 0.05) is 20.0 Å². The highest BCUT2D eigenvalue weighted by molar-refractivity contribution is 7.91. The zero-order valence-electron chi connectivity index (χ0n) is 10.6. The lowest BCUT2D eigenvalue weighted by Crippen LogP contribution is -2.40. The van der Waals surface area contributed by atoms with Gasteiger partial charge in [0.2, 0.25) is 0 Å². The number of imidazole rings is 1. The van der Waals surface area contributed by atoms with E-state index in [9.17, 15) is 8.42 Å². The standard InChI is InChI=1S/C12H19N3O2S/c1-15-8-14-10-4-5-13-11(12(10)15)9-3-2-6-18(16,17)7-9/h8-9,11,13H,2-7H2,1H3. The molecule has 2 aliphatic rings. The van der Waals surface area contributed by atoms with Crippen molar-refractivity contribution in [2.24, 2.45) is 13.0 Å². The topological polar surface area (TPSA) is 64.0 Å². The first-order valence-corrected chi connectivity index (χ1v) is 8.33. The number of hydrogen-bond donors (Lipinski definition) is 1. The molecule has 0 radical (unpaired) electrons. The second kappa shape index (κ2) is 4.35. The third-order valence-electron chi connectivity index (χ3n) is 4.05. The van der Waals surface area contributed by atoms with E-state index in [-0.39, 0.29) is 12.0 Å². The molecule has 2 unspecified atom stereocenters. The first kappa shape index (κ1) is 12.2. The van der Waals surface area contributed by atoms with Crippen molar-refractivity contribution < 1.29 is 8.42 Å². The molecular formula is C12H19N3O2S. The molecule has 100 valence electrons. The Kier molecular flexibility index (Phi) is 2.94. The van der Waals surface area contributed by atoms with Crippen molar-refractivity contribution in [2.45, 2.75) is 25.3 Å². The largest absolute Gasteiger partial charge is 0.336 e. The predicted octanol–water partition coefficient (Wildman–Crippen LogP) is 0.432. The fourth-order valence-corrected chi connectivity index (χ4v) is 5.02. The minimum Gasteiger partial charge on any atom is -0.336 e. The Balaban J connectivity index is 1.92. The summed E-state index contributed by atoms with van der Waals surface area (Å²) in [5.74, 6) is 0.863. The van der Waals surface area contributed by atoms with E-state index in [1.54, 1.807) is 0 Å². The van der Waals surface area contributed by atoms with Crippen molar-refractivity contribution in [3.05, 3.63) is 17.7 Å². The van der Waals surface area contributed by atoms with Crippen LogP contribution in [-0.2, 0) is 23.3 Å². The van der Waals surface area contributed by atoms with Gasteiger partial charge in [-0.15, -0.1) is 0 Å². The van der Waals surface area contributed by atoms with Gasteiger partial charge in [-0.2, -0.15) is 0 Å². The summed E-state index contributed by atoms with van der Waals surface area (Å²) in [6, 6.07) is 0.149. The minimum absolute atomic E-state index is 0.149. The molecule has 2 atom stereocenters. The molecule has 0 saturated carbocycles. The van der Waals surface area contributed by atoms with Gasteiger partial charge in [0.05, 0.1) is 35.3 Å². The lowest BCUT2D eigenvalue weighted by molar-refractivity contribution is 0.329. The van der Waals surface area contributed by atoms with Crippen molar-refractivity contribution >= 4 is 9.84 Å². The molecule has 1 fully saturated rings. The highest BCUT2D eigenvalue weighted by atomic mass is 32.2. The summed E-state index contributed by atoms with van der Waals surface area (Å²) in [5.41, 5.74) is 2.31. The lowest BCUT2D eigenvalue weighted by Gasteiger charge is -2.34. The maximum absolute atomic E-state index is 11.8. The highest BCUT2D eigenvalue weighted by Crippen LogP contribution is 2.34. The number of nitrogens with one attached hydrogen (secondary N) is 1. The predicted molar refractivity (Wildman–Crippen MR) is 69.0 cm³/mol. The van der Waals surface area contributed by atoms with Crippen LogP contribution in [0.2, 0.25) is 0 Å². The van der Waals surface area contributed by atoms with Gasteiger partial charge in [0.25, 0.3) is 0 Å². The first-order valence-electron chi connectivity index (χ1n) is 6.51. The van der Waals surface area contributed by atoms with Crippen LogP contribution in [0.3, 0.4) is 0 Å². The zero-order valence-corrected chi connectivity index (χ0v) is 11.4. The van der Waals surface area contributed by atoms with Gasteiger partial charge in [0.1, 0.15) is 0 Å². The van der Waals surface area contributed by atoms with E-state index < -0.39 is 9.84 Å². The monoisotopic (exact) mass is 269 g/mol. The van der Waals surface area contributed by atoms with Gasteiger partial charge in [0.15, 0.2) is 9.84 Å². The average molecular weight is 269 g/mol. The van der Waals surface area contributed by atoms with Crippen LogP contribution in [0, 0.1) is 5.92 Å². The molecule has 18 heavy (non-hydrogen) atoms. The number of aromatic nitrogens is 2. The normalized spacial score (nSPS) is 30.9. The number of rotatable bonds is 1. The number of nitrogens with zero attached hydrogens (tertiary/aromatic N) is 2. The van der Waals surface area contributed by atoms with Crippen LogP contribution in [0.15, 0.2) is 6.33 Å². The number of sulfone groups is 1. The summed E-state index contributed by atoms with van der Waals surface area (Å²) in [7, 11) is -0.860. The number of fused-ring (bicyclic) bond motifs is 1. The maximum Gasteiger partial charge on any atom is 0.150 e. The molecule has 1 N–H and O–H groups in total. The van der Waals surface area contributed by atoms with E-state index in [0.29, 0.717) is 11.5 Å². The molecule has 0 amide bonds. The van der Waals surface area contributed by atoms with E-state index in [1.165, 1.54) is 5.69 Å². The summed E-state index contributed by atoms with van der Waals surface area (Å²) < 4.78 is 25.6. The van der Waals surface area contributed by atoms with Crippen LogP contribution in [0.25, 0.3) is 0 Å². The quantitative estimate of drug-likeness (QED) is 0.803. The molecule has 0 aromatic carbocycles. The molecule has 6 heteroatoms. The summed E-state index contributed by atoms with van der Waals surface area (Å²) >= 11 is 0. The molecule has 3 rings (SSSR count). The molecule has 0 aliphatic carbocycles. The molecule has 1 aromatic rings. The Labute approximate surface area is 108 Å².